The highest BCUT2D eigenvalue weighted by Gasteiger charge is 2.00. The zero-order valence-electron chi connectivity index (χ0n) is 11.2. The summed E-state index contributed by atoms with van der Waals surface area (Å²) in [6.45, 7) is 4.95. The van der Waals surface area contributed by atoms with Crippen molar-refractivity contribution in [3.05, 3.63) is 59.4 Å². The Labute approximate surface area is 113 Å². The van der Waals surface area contributed by atoms with Crippen molar-refractivity contribution in [1.29, 1.82) is 0 Å². The quantitative estimate of drug-likeness (QED) is 0.871. The molecule has 0 aromatic heterocycles. The molecule has 100 valence electrons. The number of aryl methyl sites for hydroxylation is 1. The van der Waals surface area contributed by atoms with Gasteiger partial charge in [0, 0.05) is 18.3 Å². The Morgan fingerprint density at radius 3 is 2.74 bits per heavy atom. The van der Waals surface area contributed by atoms with Gasteiger partial charge in [0.1, 0.15) is 11.6 Å². The number of nitrogens with one attached hydrogen (secondary N) is 1. The van der Waals surface area contributed by atoms with Crippen molar-refractivity contribution in [3.8, 4) is 5.75 Å². The van der Waals surface area contributed by atoms with E-state index in [2.05, 4.69) is 5.32 Å². The first-order valence-corrected chi connectivity index (χ1v) is 6.41. The lowest BCUT2D eigenvalue weighted by Crippen LogP contribution is -2.01. The number of ether oxygens (including phenoxy) is 1. The van der Waals surface area contributed by atoms with Gasteiger partial charge < -0.3 is 10.1 Å². The van der Waals surface area contributed by atoms with Crippen LogP contribution in [0, 0.1) is 12.7 Å². The number of benzene rings is 2. The zero-order chi connectivity index (χ0) is 13.7. The van der Waals surface area contributed by atoms with Gasteiger partial charge in [-0.05, 0) is 43.2 Å². The summed E-state index contributed by atoms with van der Waals surface area (Å²) in [5.74, 6) is 0.671. The van der Waals surface area contributed by atoms with Crippen molar-refractivity contribution >= 4 is 5.69 Å². The van der Waals surface area contributed by atoms with Crippen LogP contribution in [0.2, 0.25) is 0 Å². The van der Waals surface area contributed by atoms with Crippen LogP contribution in [0.4, 0.5) is 10.1 Å². The zero-order valence-corrected chi connectivity index (χ0v) is 11.2. The molecule has 2 nitrogen and oxygen atoms in total. The lowest BCUT2D eigenvalue weighted by Gasteiger charge is -2.09. The predicted molar refractivity (Wildman–Crippen MR) is 76.1 cm³/mol. The van der Waals surface area contributed by atoms with E-state index in [0.29, 0.717) is 18.7 Å². The summed E-state index contributed by atoms with van der Waals surface area (Å²) in [5, 5.41) is 3.26. The second-order valence-corrected chi connectivity index (χ2v) is 4.40. The van der Waals surface area contributed by atoms with Crippen molar-refractivity contribution in [2.75, 3.05) is 11.9 Å². The van der Waals surface area contributed by atoms with Crippen molar-refractivity contribution in [2.45, 2.75) is 20.4 Å². The number of anilines is 1. The van der Waals surface area contributed by atoms with E-state index in [-0.39, 0.29) is 5.82 Å². The van der Waals surface area contributed by atoms with Gasteiger partial charge in [-0.2, -0.15) is 0 Å². The molecule has 0 amide bonds. The highest BCUT2D eigenvalue weighted by atomic mass is 19.1. The average Bonchev–Trinajstić information content (AvgIpc) is 2.41. The molecule has 0 bridgehead atoms. The molecule has 2 aromatic rings. The minimum Gasteiger partial charge on any atom is -0.494 e. The average molecular weight is 259 g/mol. The maximum atomic E-state index is 13.4. The molecular formula is C16H18FNO. The van der Waals surface area contributed by atoms with Crippen molar-refractivity contribution < 1.29 is 9.13 Å². The highest BCUT2D eigenvalue weighted by molar-refractivity contribution is 5.48. The summed E-state index contributed by atoms with van der Waals surface area (Å²) in [7, 11) is 0. The molecule has 0 radical (unpaired) electrons. The van der Waals surface area contributed by atoms with Crippen LogP contribution in [0.5, 0.6) is 5.75 Å². The van der Waals surface area contributed by atoms with Crippen molar-refractivity contribution in [2.24, 2.45) is 0 Å². The van der Waals surface area contributed by atoms with E-state index < -0.39 is 0 Å². The fourth-order valence-corrected chi connectivity index (χ4v) is 1.81. The number of hydrogen-bond acceptors (Lipinski definition) is 2. The van der Waals surface area contributed by atoms with Gasteiger partial charge in [0.25, 0.3) is 0 Å². The molecule has 0 aliphatic carbocycles. The largest absolute Gasteiger partial charge is 0.494 e. The van der Waals surface area contributed by atoms with Gasteiger partial charge in [-0.3, -0.25) is 0 Å². The molecule has 2 rings (SSSR count). The SMILES string of the molecule is CCOc1cccc(NCc2ccc(C)c(F)c2)c1. The third-order valence-electron chi connectivity index (χ3n) is 2.88. The van der Waals surface area contributed by atoms with Crippen LogP contribution < -0.4 is 10.1 Å². The summed E-state index contributed by atoms with van der Waals surface area (Å²) in [4.78, 5) is 0. The molecule has 0 atom stereocenters. The van der Waals surface area contributed by atoms with Gasteiger partial charge in [-0.15, -0.1) is 0 Å². The second-order valence-electron chi connectivity index (χ2n) is 4.40. The monoisotopic (exact) mass is 259 g/mol. The lowest BCUT2D eigenvalue weighted by atomic mass is 10.1. The summed E-state index contributed by atoms with van der Waals surface area (Å²) in [5.41, 5.74) is 2.55. The first kappa shape index (κ1) is 13.4. The third-order valence-corrected chi connectivity index (χ3v) is 2.88. The third kappa shape index (κ3) is 3.71. The Morgan fingerprint density at radius 2 is 2.00 bits per heavy atom. The van der Waals surface area contributed by atoms with Crippen LogP contribution in [0.1, 0.15) is 18.1 Å². The van der Waals surface area contributed by atoms with Gasteiger partial charge in [0.05, 0.1) is 6.61 Å². The molecule has 0 aliphatic heterocycles. The molecule has 3 heteroatoms. The maximum Gasteiger partial charge on any atom is 0.126 e. The molecule has 0 unspecified atom stereocenters. The van der Waals surface area contributed by atoms with Gasteiger partial charge >= 0.3 is 0 Å². The first-order chi connectivity index (χ1) is 9.19. The predicted octanol–water partition coefficient (Wildman–Crippen LogP) is 4.14. The molecule has 0 fully saturated rings. The molecule has 19 heavy (non-hydrogen) atoms. The lowest BCUT2D eigenvalue weighted by molar-refractivity contribution is 0.340. The smallest absolute Gasteiger partial charge is 0.126 e. The normalized spacial score (nSPS) is 10.3. The van der Waals surface area contributed by atoms with E-state index in [1.165, 1.54) is 0 Å². The minimum absolute atomic E-state index is 0.164. The van der Waals surface area contributed by atoms with Crippen LogP contribution in [0.15, 0.2) is 42.5 Å². The Kier molecular flexibility index (Phi) is 4.39. The fraction of sp³-hybridized carbons (Fsp3) is 0.250. The van der Waals surface area contributed by atoms with Gasteiger partial charge in [-0.25, -0.2) is 4.39 Å². The molecule has 2 aromatic carbocycles. The molecule has 1 N–H and O–H groups in total. The van der Waals surface area contributed by atoms with Crippen LogP contribution in [0.25, 0.3) is 0 Å². The Bertz CT molecular complexity index is 554. The summed E-state index contributed by atoms with van der Waals surface area (Å²) in [6, 6.07) is 13.0. The van der Waals surface area contributed by atoms with Crippen molar-refractivity contribution in [3.63, 3.8) is 0 Å². The summed E-state index contributed by atoms with van der Waals surface area (Å²) in [6.07, 6.45) is 0. The summed E-state index contributed by atoms with van der Waals surface area (Å²) < 4.78 is 18.9. The van der Waals surface area contributed by atoms with Gasteiger partial charge in [0.15, 0.2) is 0 Å². The topological polar surface area (TPSA) is 21.3 Å². The number of hydrogen-bond donors (Lipinski definition) is 1. The standard InChI is InChI=1S/C16H18FNO/c1-3-19-15-6-4-5-14(10-15)18-11-13-8-7-12(2)16(17)9-13/h4-10,18H,3,11H2,1-2H3. The Hall–Kier alpha value is -2.03. The number of halogens is 1. The van der Waals surface area contributed by atoms with Gasteiger partial charge in [0.2, 0.25) is 0 Å². The molecule has 0 heterocycles. The van der Waals surface area contributed by atoms with E-state index in [1.807, 2.05) is 37.3 Å². The van der Waals surface area contributed by atoms with E-state index in [4.69, 9.17) is 4.74 Å². The van der Waals surface area contributed by atoms with Crippen LogP contribution in [0.3, 0.4) is 0 Å². The maximum absolute atomic E-state index is 13.4. The van der Waals surface area contributed by atoms with Crippen LogP contribution in [-0.2, 0) is 6.54 Å². The van der Waals surface area contributed by atoms with Crippen molar-refractivity contribution in [1.82, 2.24) is 0 Å². The van der Waals surface area contributed by atoms with Crippen LogP contribution in [-0.4, -0.2) is 6.61 Å². The Balaban J connectivity index is 2.01. The Morgan fingerprint density at radius 1 is 1.16 bits per heavy atom. The van der Waals surface area contributed by atoms with Gasteiger partial charge in [-0.1, -0.05) is 18.2 Å². The molecule has 0 saturated heterocycles. The van der Waals surface area contributed by atoms with E-state index in [1.54, 1.807) is 19.1 Å². The fourth-order valence-electron chi connectivity index (χ4n) is 1.81. The van der Waals surface area contributed by atoms with E-state index >= 15 is 0 Å². The molecule has 0 saturated carbocycles. The molecular weight excluding hydrogens is 241 g/mol. The molecule has 0 aliphatic rings. The summed E-state index contributed by atoms with van der Waals surface area (Å²) >= 11 is 0. The van der Waals surface area contributed by atoms with Crippen LogP contribution >= 0.6 is 0 Å². The van der Waals surface area contributed by atoms with E-state index in [0.717, 1.165) is 17.0 Å². The minimum atomic E-state index is -0.164. The number of rotatable bonds is 5. The first-order valence-electron chi connectivity index (χ1n) is 6.41. The van der Waals surface area contributed by atoms with E-state index in [9.17, 15) is 4.39 Å². The second kappa shape index (κ2) is 6.23. The highest BCUT2D eigenvalue weighted by Crippen LogP contribution is 2.18. The molecule has 0 spiro atoms.